The highest BCUT2D eigenvalue weighted by Gasteiger charge is 2.31. The van der Waals surface area contributed by atoms with Gasteiger partial charge in [-0.1, -0.05) is 6.07 Å². The number of aliphatic imine (C=N–C) groups is 1. The lowest BCUT2D eigenvalue weighted by Crippen LogP contribution is -2.52. The third-order valence-corrected chi connectivity index (χ3v) is 5.22. The van der Waals surface area contributed by atoms with Crippen LogP contribution in [0.3, 0.4) is 0 Å². The molecule has 2 fully saturated rings. The lowest BCUT2D eigenvalue weighted by atomic mass is 10.1. The normalized spacial score (nSPS) is 17.8. The Kier molecular flexibility index (Phi) is 7.44. The molecule has 0 bridgehead atoms. The van der Waals surface area contributed by atoms with Crippen LogP contribution in [0.15, 0.2) is 29.3 Å². The van der Waals surface area contributed by atoms with Crippen LogP contribution in [0.2, 0.25) is 0 Å². The Labute approximate surface area is 175 Å². The Bertz CT molecular complexity index is 740. The number of nitrogens with zero attached hydrogens (tertiary/aromatic N) is 3. The zero-order chi connectivity index (χ0) is 21.6. The molecule has 2 N–H and O–H groups in total. The highest BCUT2D eigenvalue weighted by atomic mass is 19.4. The Hall–Kier alpha value is -2.45. The van der Waals surface area contributed by atoms with Gasteiger partial charge in [-0.05, 0) is 44.4 Å². The number of alkyl halides is 3. The average molecular weight is 425 g/mol. The molecule has 1 heterocycles. The quantitative estimate of drug-likeness (QED) is 0.401. The van der Waals surface area contributed by atoms with Gasteiger partial charge in [0.1, 0.15) is 0 Å². The minimum absolute atomic E-state index is 0.0902. The summed E-state index contributed by atoms with van der Waals surface area (Å²) in [4.78, 5) is 20.5. The molecule has 1 amide bonds. The van der Waals surface area contributed by atoms with Gasteiger partial charge >= 0.3 is 6.18 Å². The molecule has 3 rings (SSSR count). The lowest BCUT2D eigenvalue weighted by Gasteiger charge is -2.38. The van der Waals surface area contributed by atoms with Crippen molar-refractivity contribution < 1.29 is 18.0 Å². The molecule has 1 aliphatic heterocycles. The molecule has 9 heteroatoms. The Balaban J connectivity index is 1.50. The average Bonchev–Trinajstić information content (AvgIpc) is 3.54. The molecule has 0 unspecified atom stereocenters. The van der Waals surface area contributed by atoms with Crippen molar-refractivity contribution in [3.05, 3.63) is 29.8 Å². The van der Waals surface area contributed by atoms with Gasteiger partial charge in [-0.15, -0.1) is 0 Å². The maximum Gasteiger partial charge on any atom is 0.416 e. The van der Waals surface area contributed by atoms with Crippen molar-refractivity contribution in [2.75, 3.05) is 44.2 Å². The Morgan fingerprint density at radius 3 is 2.57 bits per heavy atom. The number of hydrogen-bond donors (Lipinski definition) is 2. The first-order valence-electron chi connectivity index (χ1n) is 10.6. The molecule has 0 spiro atoms. The van der Waals surface area contributed by atoms with Crippen molar-refractivity contribution in [2.45, 2.75) is 44.8 Å². The van der Waals surface area contributed by atoms with Crippen molar-refractivity contribution in [1.82, 2.24) is 15.5 Å². The van der Waals surface area contributed by atoms with Crippen LogP contribution in [0.25, 0.3) is 0 Å². The molecule has 1 saturated carbocycles. The molecule has 166 valence electrons. The standard InChI is InChI=1S/C21H30F3N5O/c1-2-25-20(26-10-4-7-19(30)27-17-8-9-17)29-13-11-28(12-14-29)18-6-3-5-16(15-18)21(22,23)24/h3,5-6,15,17H,2,4,7-14H2,1H3,(H,25,26)(H,27,30). The maximum atomic E-state index is 13.0. The van der Waals surface area contributed by atoms with E-state index in [2.05, 4.69) is 20.5 Å². The van der Waals surface area contributed by atoms with E-state index in [1.54, 1.807) is 6.07 Å². The van der Waals surface area contributed by atoms with Crippen LogP contribution in [-0.4, -0.2) is 62.1 Å². The first-order chi connectivity index (χ1) is 14.4. The Morgan fingerprint density at radius 1 is 1.20 bits per heavy atom. The van der Waals surface area contributed by atoms with Crippen molar-refractivity contribution in [3.8, 4) is 0 Å². The summed E-state index contributed by atoms with van der Waals surface area (Å²) in [6.45, 7) is 5.88. The Morgan fingerprint density at radius 2 is 1.93 bits per heavy atom. The summed E-state index contributed by atoms with van der Waals surface area (Å²) >= 11 is 0. The fraction of sp³-hybridized carbons (Fsp3) is 0.619. The van der Waals surface area contributed by atoms with E-state index in [1.165, 1.54) is 12.1 Å². The monoisotopic (exact) mass is 425 g/mol. The number of rotatable bonds is 7. The van der Waals surface area contributed by atoms with E-state index in [1.807, 2.05) is 11.8 Å². The maximum absolute atomic E-state index is 13.0. The van der Waals surface area contributed by atoms with E-state index in [-0.39, 0.29) is 5.91 Å². The molecule has 6 nitrogen and oxygen atoms in total. The summed E-state index contributed by atoms with van der Waals surface area (Å²) in [5.41, 5.74) is -0.0313. The highest BCUT2D eigenvalue weighted by Crippen LogP contribution is 2.31. The zero-order valence-electron chi connectivity index (χ0n) is 17.3. The summed E-state index contributed by atoms with van der Waals surface area (Å²) in [6.07, 6.45) is -0.999. The van der Waals surface area contributed by atoms with Crippen LogP contribution in [0.4, 0.5) is 18.9 Å². The van der Waals surface area contributed by atoms with E-state index in [0.29, 0.717) is 57.3 Å². The van der Waals surface area contributed by atoms with Crippen LogP contribution in [0.5, 0.6) is 0 Å². The van der Waals surface area contributed by atoms with E-state index < -0.39 is 11.7 Å². The van der Waals surface area contributed by atoms with Crippen molar-refractivity contribution in [1.29, 1.82) is 0 Å². The first-order valence-corrected chi connectivity index (χ1v) is 10.6. The SMILES string of the molecule is CCNC(=NCCCC(=O)NC1CC1)N1CCN(c2cccc(C(F)(F)F)c2)CC1. The van der Waals surface area contributed by atoms with Gasteiger partial charge in [0.15, 0.2) is 5.96 Å². The molecular formula is C21H30F3N5O. The summed E-state index contributed by atoms with van der Waals surface area (Å²) in [7, 11) is 0. The number of carbonyl (C=O) groups is 1. The van der Waals surface area contributed by atoms with Gasteiger partial charge in [-0.2, -0.15) is 13.2 Å². The molecule has 0 radical (unpaired) electrons. The van der Waals surface area contributed by atoms with Gasteiger partial charge in [0.2, 0.25) is 5.91 Å². The van der Waals surface area contributed by atoms with Crippen LogP contribution < -0.4 is 15.5 Å². The minimum atomic E-state index is -4.34. The predicted octanol–water partition coefficient (Wildman–Crippen LogP) is 2.85. The number of halogens is 3. The van der Waals surface area contributed by atoms with Gasteiger partial charge in [0.25, 0.3) is 0 Å². The molecule has 1 aliphatic carbocycles. The molecule has 2 aliphatic rings. The zero-order valence-corrected chi connectivity index (χ0v) is 17.3. The molecule has 1 saturated heterocycles. The van der Waals surface area contributed by atoms with Gasteiger partial charge in [0, 0.05) is 57.4 Å². The summed E-state index contributed by atoms with van der Waals surface area (Å²) in [5, 5.41) is 6.25. The van der Waals surface area contributed by atoms with E-state index in [0.717, 1.165) is 31.4 Å². The number of piperazine rings is 1. The topological polar surface area (TPSA) is 60.0 Å². The largest absolute Gasteiger partial charge is 0.416 e. The molecule has 1 aromatic carbocycles. The van der Waals surface area contributed by atoms with Gasteiger partial charge in [-0.25, -0.2) is 0 Å². The van der Waals surface area contributed by atoms with Gasteiger partial charge in [0.05, 0.1) is 5.56 Å². The minimum Gasteiger partial charge on any atom is -0.368 e. The second-order valence-electron chi connectivity index (χ2n) is 7.70. The lowest BCUT2D eigenvalue weighted by molar-refractivity contribution is -0.137. The number of carbonyl (C=O) groups excluding carboxylic acids is 1. The third-order valence-electron chi connectivity index (χ3n) is 5.22. The van der Waals surface area contributed by atoms with E-state index >= 15 is 0 Å². The van der Waals surface area contributed by atoms with Crippen molar-refractivity contribution in [3.63, 3.8) is 0 Å². The fourth-order valence-electron chi connectivity index (χ4n) is 3.43. The summed E-state index contributed by atoms with van der Waals surface area (Å²) < 4.78 is 38.9. The summed E-state index contributed by atoms with van der Waals surface area (Å²) in [6, 6.07) is 5.86. The van der Waals surface area contributed by atoms with E-state index in [4.69, 9.17) is 0 Å². The van der Waals surface area contributed by atoms with Crippen molar-refractivity contribution >= 4 is 17.6 Å². The van der Waals surface area contributed by atoms with Gasteiger partial charge in [-0.3, -0.25) is 9.79 Å². The fourth-order valence-corrected chi connectivity index (χ4v) is 3.43. The van der Waals surface area contributed by atoms with Crippen LogP contribution in [-0.2, 0) is 11.0 Å². The van der Waals surface area contributed by atoms with Gasteiger partial charge < -0.3 is 20.4 Å². The van der Waals surface area contributed by atoms with Crippen LogP contribution in [0, 0.1) is 0 Å². The van der Waals surface area contributed by atoms with Crippen molar-refractivity contribution in [2.24, 2.45) is 4.99 Å². The van der Waals surface area contributed by atoms with Crippen LogP contribution >= 0.6 is 0 Å². The van der Waals surface area contributed by atoms with Crippen LogP contribution in [0.1, 0.15) is 38.2 Å². The third kappa shape index (κ3) is 6.53. The highest BCUT2D eigenvalue weighted by molar-refractivity contribution is 5.80. The smallest absolute Gasteiger partial charge is 0.368 e. The molecule has 30 heavy (non-hydrogen) atoms. The number of hydrogen-bond acceptors (Lipinski definition) is 3. The molecule has 1 aromatic rings. The predicted molar refractivity (Wildman–Crippen MR) is 112 cm³/mol. The number of anilines is 1. The number of guanidine groups is 1. The molecular weight excluding hydrogens is 395 g/mol. The second-order valence-corrected chi connectivity index (χ2v) is 7.70. The number of benzene rings is 1. The number of amides is 1. The first kappa shape index (κ1) is 22.2. The van der Waals surface area contributed by atoms with E-state index in [9.17, 15) is 18.0 Å². The second kappa shape index (κ2) is 10.0. The molecule has 0 aromatic heterocycles. The molecule has 0 atom stereocenters. The summed E-state index contributed by atoms with van der Waals surface area (Å²) in [5.74, 6) is 0.885. The number of nitrogens with one attached hydrogen (secondary N) is 2.